The van der Waals surface area contributed by atoms with Gasteiger partial charge in [0.25, 0.3) is 0 Å². The maximum absolute atomic E-state index is 11.4. The standard InChI is InChI=1S/C32H41NO6/c33-19-11-4-12-20-36-32-29(34)31(38-23-27-17-9-3-10-18-27)30(37-22-26-15-7-2-8-16-26)28(39-32)24-35-21-25-13-5-1-6-14-25/h1-3,5-10,13-18,28-32,34H,4,11-12,19-24,33H2. The number of hydrogen-bond acceptors (Lipinski definition) is 7. The highest BCUT2D eigenvalue weighted by atomic mass is 16.7. The fourth-order valence-electron chi connectivity index (χ4n) is 4.58. The monoisotopic (exact) mass is 535 g/mol. The fraction of sp³-hybridized carbons (Fsp3) is 0.438. The van der Waals surface area contributed by atoms with Crippen molar-refractivity contribution in [2.45, 2.75) is 69.8 Å². The highest BCUT2D eigenvalue weighted by molar-refractivity contribution is 5.15. The Kier molecular flexibility index (Phi) is 12.4. The van der Waals surface area contributed by atoms with Gasteiger partial charge in [0, 0.05) is 6.61 Å². The van der Waals surface area contributed by atoms with Gasteiger partial charge in [-0.2, -0.15) is 0 Å². The van der Waals surface area contributed by atoms with Gasteiger partial charge < -0.3 is 34.5 Å². The highest BCUT2D eigenvalue weighted by Crippen LogP contribution is 2.29. The van der Waals surface area contributed by atoms with Crippen LogP contribution in [-0.4, -0.2) is 55.6 Å². The average molecular weight is 536 g/mol. The average Bonchev–Trinajstić information content (AvgIpc) is 2.98. The molecule has 3 N–H and O–H groups in total. The van der Waals surface area contributed by atoms with Crippen LogP contribution in [-0.2, 0) is 43.5 Å². The zero-order valence-electron chi connectivity index (χ0n) is 22.5. The molecule has 4 rings (SSSR count). The summed E-state index contributed by atoms with van der Waals surface area (Å²) in [6.07, 6.45) is -0.914. The van der Waals surface area contributed by atoms with Crippen molar-refractivity contribution in [1.82, 2.24) is 0 Å². The highest BCUT2D eigenvalue weighted by Gasteiger charge is 2.47. The molecule has 7 heteroatoms. The summed E-state index contributed by atoms with van der Waals surface area (Å²) in [6.45, 7) is 2.49. The summed E-state index contributed by atoms with van der Waals surface area (Å²) in [5.74, 6) is 0. The Labute approximate surface area is 231 Å². The minimum absolute atomic E-state index is 0.263. The molecule has 0 aliphatic carbocycles. The predicted octanol–water partition coefficient (Wildman–Crippen LogP) is 4.61. The number of nitrogens with two attached hydrogens (primary N) is 1. The Morgan fingerprint density at radius 2 is 1.18 bits per heavy atom. The molecular weight excluding hydrogens is 494 g/mol. The van der Waals surface area contributed by atoms with Crippen LogP contribution in [0.3, 0.4) is 0 Å². The molecule has 210 valence electrons. The van der Waals surface area contributed by atoms with Gasteiger partial charge in [-0.05, 0) is 42.5 Å². The van der Waals surface area contributed by atoms with Gasteiger partial charge >= 0.3 is 0 Å². The van der Waals surface area contributed by atoms with Gasteiger partial charge in [-0.15, -0.1) is 0 Å². The van der Waals surface area contributed by atoms with Crippen LogP contribution < -0.4 is 5.73 Å². The molecule has 5 unspecified atom stereocenters. The van der Waals surface area contributed by atoms with Crippen LogP contribution in [0.5, 0.6) is 0 Å². The first-order valence-corrected chi connectivity index (χ1v) is 13.8. The second-order valence-electron chi connectivity index (χ2n) is 9.78. The molecule has 1 heterocycles. The Morgan fingerprint density at radius 3 is 1.74 bits per heavy atom. The van der Waals surface area contributed by atoms with Crippen LogP contribution >= 0.6 is 0 Å². The van der Waals surface area contributed by atoms with Crippen molar-refractivity contribution in [2.24, 2.45) is 5.73 Å². The lowest BCUT2D eigenvalue weighted by atomic mass is 9.98. The smallest absolute Gasteiger partial charge is 0.186 e. The SMILES string of the molecule is NCCCCCOC1OC(COCc2ccccc2)C(OCc2ccccc2)C(OCc2ccccc2)C1O. The molecule has 0 saturated carbocycles. The van der Waals surface area contributed by atoms with Gasteiger partial charge in [-0.3, -0.25) is 0 Å². The molecule has 5 atom stereocenters. The van der Waals surface area contributed by atoms with Crippen LogP contribution in [0.2, 0.25) is 0 Å². The molecule has 0 bridgehead atoms. The van der Waals surface area contributed by atoms with Gasteiger partial charge in [0.2, 0.25) is 0 Å². The second-order valence-corrected chi connectivity index (χ2v) is 9.78. The van der Waals surface area contributed by atoms with Crippen molar-refractivity contribution in [3.8, 4) is 0 Å². The van der Waals surface area contributed by atoms with Gasteiger partial charge in [-0.1, -0.05) is 91.0 Å². The molecule has 1 saturated heterocycles. The third-order valence-corrected chi connectivity index (χ3v) is 6.71. The third kappa shape index (κ3) is 9.51. The largest absolute Gasteiger partial charge is 0.385 e. The van der Waals surface area contributed by atoms with E-state index in [0.29, 0.717) is 33.0 Å². The normalized spacial score (nSPS) is 23.1. The minimum Gasteiger partial charge on any atom is -0.385 e. The molecule has 0 radical (unpaired) electrons. The van der Waals surface area contributed by atoms with Crippen LogP contribution in [0.25, 0.3) is 0 Å². The van der Waals surface area contributed by atoms with E-state index >= 15 is 0 Å². The van der Waals surface area contributed by atoms with E-state index in [1.165, 1.54) is 0 Å². The number of benzene rings is 3. The molecule has 1 fully saturated rings. The van der Waals surface area contributed by atoms with Gasteiger partial charge in [0.05, 0.1) is 26.4 Å². The second kappa shape index (κ2) is 16.5. The summed E-state index contributed by atoms with van der Waals surface area (Å²) in [5, 5.41) is 11.4. The van der Waals surface area contributed by atoms with Gasteiger partial charge in [0.1, 0.15) is 24.4 Å². The first-order valence-electron chi connectivity index (χ1n) is 13.8. The Morgan fingerprint density at radius 1 is 0.641 bits per heavy atom. The Hall–Kier alpha value is -2.62. The van der Waals surface area contributed by atoms with Crippen LogP contribution in [0, 0.1) is 0 Å². The summed E-state index contributed by atoms with van der Waals surface area (Å²) in [4.78, 5) is 0. The van der Waals surface area contributed by atoms with Crippen molar-refractivity contribution < 1.29 is 28.8 Å². The first kappa shape index (κ1) is 29.4. The maximum Gasteiger partial charge on any atom is 0.186 e. The van der Waals surface area contributed by atoms with E-state index in [-0.39, 0.29) is 6.61 Å². The van der Waals surface area contributed by atoms with Gasteiger partial charge in [-0.25, -0.2) is 0 Å². The zero-order valence-corrected chi connectivity index (χ0v) is 22.5. The molecule has 0 spiro atoms. The molecule has 1 aliphatic heterocycles. The summed E-state index contributed by atoms with van der Waals surface area (Å²) < 4.78 is 31.2. The molecule has 0 aromatic heterocycles. The Bertz CT molecular complexity index is 1040. The Balaban J connectivity index is 1.49. The third-order valence-electron chi connectivity index (χ3n) is 6.71. The molecule has 3 aromatic rings. The molecular formula is C32H41NO6. The van der Waals surface area contributed by atoms with E-state index in [2.05, 4.69) is 0 Å². The zero-order chi connectivity index (χ0) is 27.1. The van der Waals surface area contributed by atoms with Crippen molar-refractivity contribution in [3.63, 3.8) is 0 Å². The predicted molar refractivity (Wildman–Crippen MR) is 150 cm³/mol. The van der Waals surface area contributed by atoms with E-state index in [1.54, 1.807) is 0 Å². The van der Waals surface area contributed by atoms with Crippen molar-refractivity contribution >= 4 is 0 Å². The summed E-state index contributed by atoms with van der Waals surface area (Å²) in [6, 6.07) is 29.8. The number of rotatable bonds is 16. The molecule has 39 heavy (non-hydrogen) atoms. The van der Waals surface area contributed by atoms with Crippen LogP contribution in [0.15, 0.2) is 91.0 Å². The number of hydrogen-bond donors (Lipinski definition) is 2. The number of aliphatic hydroxyl groups excluding tert-OH is 1. The van der Waals surface area contributed by atoms with E-state index < -0.39 is 30.7 Å². The number of ether oxygens (including phenoxy) is 5. The molecule has 3 aromatic carbocycles. The van der Waals surface area contributed by atoms with Crippen molar-refractivity contribution in [1.29, 1.82) is 0 Å². The van der Waals surface area contributed by atoms with Crippen molar-refractivity contribution in [3.05, 3.63) is 108 Å². The lowest BCUT2D eigenvalue weighted by Crippen LogP contribution is -2.61. The van der Waals surface area contributed by atoms with E-state index in [1.807, 2.05) is 91.0 Å². The van der Waals surface area contributed by atoms with Crippen LogP contribution in [0.4, 0.5) is 0 Å². The van der Waals surface area contributed by atoms with E-state index in [0.717, 1.165) is 36.0 Å². The van der Waals surface area contributed by atoms with Gasteiger partial charge in [0.15, 0.2) is 6.29 Å². The number of unbranched alkanes of at least 4 members (excludes halogenated alkanes) is 2. The first-order chi connectivity index (χ1) is 19.2. The lowest BCUT2D eigenvalue weighted by molar-refractivity contribution is -0.319. The summed E-state index contributed by atoms with van der Waals surface area (Å²) in [5.41, 5.74) is 8.72. The minimum atomic E-state index is -1.03. The summed E-state index contributed by atoms with van der Waals surface area (Å²) in [7, 11) is 0. The van der Waals surface area contributed by atoms with E-state index in [9.17, 15) is 5.11 Å². The quantitative estimate of drug-likeness (QED) is 0.259. The maximum atomic E-state index is 11.4. The lowest BCUT2D eigenvalue weighted by Gasteiger charge is -2.44. The summed E-state index contributed by atoms with van der Waals surface area (Å²) >= 11 is 0. The van der Waals surface area contributed by atoms with E-state index in [4.69, 9.17) is 29.4 Å². The number of aliphatic hydroxyl groups is 1. The topological polar surface area (TPSA) is 92.4 Å². The van der Waals surface area contributed by atoms with Crippen LogP contribution in [0.1, 0.15) is 36.0 Å². The molecule has 0 amide bonds. The molecule has 1 aliphatic rings. The molecule has 7 nitrogen and oxygen atoms in total. The van der Waals surface area contributed by atoms with Crippen molar-refractivity contribution in [2.75, 3.05) is 19.8 Å². The fourth-order valence-corrected chi connectivity index (χ4v) is 4.58.